The van der Waals surface area contributed by atoms with Gasteiger partial charge in [-0.3, -0.25) is 0 Å². The molecule has 2 N–H and O–H groups in total. The number of benzene rings is 2. The summed E-state index contributed by atoms with van der Waals surface area (Å²) in [6, 6.07) is 15.7. The third-order valence-corrected chi connectivity index (χ3v) is 3.29. The molecule has 0 aromatic heterocycles. The molecule has 2 aromatic carbocycles. The molecule has 1 atom stereocenters. The number of ether oxygens (including phenoxy) is 1. The van der Waals surface area contributed by atoms with Crippen LogP contribution in [0.2, 0.25) is 5.02 Å². The Morgan fingerprint density at radius 3 is 2.53 bits per heavy atom. The largest absolute Gasteiger partial charge is 0.484 e. The second kappa shape index (κ2) is 6.60. The summed E-state index contributed by atoms with van der Waals surface area (Å²) >= 11 is 5.89. The SMILES string of the molecule is CCc1cccc(OC(CN)c2ccc(Cl)cc2)c1. The van der Waals surface area contributed by atoms with Gasteiger partial charge in [0.05, 0.1) is 0 Å². The van der Waals surface area contributed by atoms with Crippen LogP contribution in [-0.2, 0) is 6.42 Å². The van der Waals surface area contributed by atoms with E-state index < -0.39 is 0 Å². The van der Waals surface area contributed by atoms with Crippen molar-refractivity contribution in [1.29, 1.82) is 0 Å². The molecule has 2 nitrogen and oxygen atoms in total. The quantitative estimate of drug-likeness (QED) is 0.896. The monoisotopic (exact) mass is 275 g/mol. The molecule has 1 unspecified atom stereocenters. The Labute approximate surface area is 119 Å². The number of halogens is 1. The molecule has 0 bridgehead atoms. The summed E-state index contributed by atoms with van der Waals surface area (Å²) in [5.41, 5.74) is 8.09. The molecule has 0 spiro atoms. The van der Waals surface area contributed by atoms with Crippen LogP contribution < -0.4 is 10.5 Å². The third-order valence-electron chi connectivity index (χ3n) is 3.04. The van der Waals surface area contributed by atoms with Gasteiger partial charge in [0.25, 0.3) is 0 Å². The normalized spacial score (nSPS) is 12.2. The van der Waals surface area contributed by atoms with E-state index in [4.69, 9.17) is 22.1 Å². The summed E-state index contributed by atoms with van der Waals surface area (Å²) in [5, 5.41) is 0.715. The Bertz CT molecular complexity index is 525. The van der Waals surface area contributed by atoms with Crippen LogP contribution in [0.25, 0.3) is 0 Å². The van der Waals surface area contributed by atoms with Crippen molar-refractivity contribution in [3.8, 4) is 5.75 Å². The predicted molar refractivity (Wildman–Crippen MR) is 79.7 cm³/mol. The highest BCUT2D eigenvalue weighted by Crippen LogP contribution is 2.23. The van der Waals surface area contributed by atoms with Gasteiger partial charge in [0.15, 0.2) is 0 Å². The van der Waals surface area contributed by atoms with Gasteiger partial charge in [0, 0.05) is 11.6 Å². The molecule has 2 rings (SSSR count). The molecule has 100 valence electrons. The highest BCUT2D eigenvalue weighted by molar-refractivity contribution is 6.30. The first-order valence-electron chi connectivity index (χ1n) is 6.44. The van der Waals surface area contributed by atoms with Crippen LogP contribution in [-0.4, -0.2) is 6.54 Å². The maximum absolute atomic E-state index is 5.96. The average Bonchev–Trinajstić information content (AvgIpc) is 2.46. The van der Waals surface area contributed by atoms with Crippen LogP contribution >= 0.6 is 11.6 Å². The van der Waals surface area contributed by atoms with Crippen LogP contribution in [0.15, 0.2) is 48.5 Å². The van der Waals surface area contributed by atoms with Gasteiger partial charge < -0.3 is 10.5 Å². The maximum Gasteiger partial charge on any atom is 0.136 e. The highest BCUT2D eigenvalue weighted by Gasteiger charge is 2.11. The molecular weight excluding hydrogens is 258 g/mol. The molecule has 0 amide bonds. The average molecular weight is 276 g/mol. The zero-order chi connectivity index (χ0) is 13.7. The number of nitrogens with two attached hydrogens (primary N) is 1. The first kappa shape index (κ1) is 13.9. The molecule has 0 fully saturated rings. The molecule has 0 radical (unpaired) electrons. The van der Waals surface area contributed by atoms with Crippen molar-refractivity contribution in [2.75, 3.05) is 6.54 Å². The van der Waals surface area contributed by atoms with Gasteiger partial charge in [-0.2, -0.15) is 0 Å². The lowest BCUT2D eigenvalue weighted by molar-refractivity contribution is 0.214. The lowest BCUT2D eigenvalue weighted by Gasteiger charge is -2.18. The fraction of sp³-hybridized carbons (Fsp3) is 0.250. The Morgan fingerprint density at radius 2 is 1.89 bits per heavy atom. The van der Waals surface area contributed by atoms with Crippen molar-refractivity contribution in [3.63, 3.8) is 0 Å². The lowest BCUT2D eigenvalue weighted by Crippen LogP contribution is -2.18. The highest BCUT2D eigenvalue weighted by atomic mass is 35.5. The molecule has 19 heavy (non-hydrogen) atoms. The number of rotatable bonds is 5. The van der Waals surface area contributed by atoms with E-state index in [2.05, 4.69) is 19.1 Å². The van der Waals surface area contributed by atoms with Crippen molar-refractivity contribution < 1.29 is 4.74 Å². The van der Waals surface area contributed by atoms with E-state index in [1.807, 2.05) is 36.4 Å². The minimum absolute atomic E-state index is 0.149. The summed E-state index contributed by atoms with van der Waals surface area (Å²) in [5.74, 6) is 0.852. The van der Waals surface area contributed by atoms with Crippen LogP contribution in [0, 0.1) is 0 Å². The Morgan fingerprint density at radius 1 is 1.16 bits per heavy atom. The van der Waals surface area contributed by atoms with E-state index in [-0.39, 0.29) is 6.10 Å². The fourth-order valence-corrected chi connectivity index (χ4v) is 2.06. The van der Waals surface area contributed by atoms with Gasteiger partial charge in [-0.25, -0.2) is 0 Å². The maximum atomic E-state index is 5.96. The second-order valence-electron chi connectivity index (χ2n) is 4.39. The first-order valence-corrected chi connectivity index (χ1v) is 6.82. The van der Waals surface area contributed by atoms with Gasteiger partial charge in [0.2, 0.25) is 0 Å². The van der Waals surface area contributed by atoms with Gasteiger partial charge >= 0.3 is 0 Å². The van der Waals surface area contributed by atoms with Crippen LogP contribution in [0.5, 0.6) is 5.75 Å². The van der Waals surface area contributed by atoms with Crippen molar-refractivity contribution in [1.82, 2.24) is 0 Å². The Balaban J connectivity index is 2.16. The van der Waals surface area contributed by atoms with Gasteiger partial charge in [-0.1, -0.05) is 42.8 Å². The fourth-order valence-electron chi connectivity index (χ4n) is 1.93. The second-order valence-corrected chi connectivity index (χ2v) is 4.83. The number of hydrogen-bond acceptors (Lipinski definition) is 2. The topological polar surface area (TPSA) is 35.2 Å². The van der Waals surface area contributed by atoms with E-state index >= 15 is 0 Å². The molecule has 0 aliphatic rings. The van der Waals surface area contributed by atoms with E-state index in [1.165, 1.54) is 5.56 Å². The predicted octanol–water partition coefficient (Wildman–Crippen LogP) is 3.98. The van der Waals surface area contributed by atoms with E-state index in [0.717, 1.165) is 17.7 Å². The smallest absolute Gasteiger partial charge is 0.136 e. The molecule has 0 aliphatic carbocycles. The third kappa shape index (κ3) is 3.72. The van der Waals surface area contributed by atoms with Crippen LogP contribution in [0.4, 0.5) is 0 Å². The minimum atomic E-state index is -0.149. The summed E-state index contributed by atoms with van der Waals surface area (Å²) in [4.78, 5) is 0. The molecule has 0 aliphatic heterocycles. The molecular formula is C16H18ClNO. The van der Waals surface area contributed by atoms with Gasteiger partial charge in [-0.15, -0.1) is 0 Å². The zero-order valence-electron chi connectivity index (χ0n) is 11.0. The van der Waals surface area contributed by atoms with Crippen molar-refractivity contribution in [2.24, 2.45) is 5.73 Å². The minimum Gasteiger partial charge on any atom is -0.484 e. The lowest BCUT2D eigenvalue weighted by atomic mass is 10.1. The van der Waals surface area contributed by atoms with E-state index in [0.29, 0.717) is 11.6 Å². The van der Waals surface area contributed by atoms with Crippen LogP contribution in [0.1, 0.15) is 24.2 Å². The number of hydrogen-bond donors (Lipinski definition) is 1. The summed E-state index contributed by atoms with van der Waals surface area (Å²) in [7, 11) is 0. The van der Waals surface area contributed by atoms with E-state index in [1.54, 1.807) is 0 Å². The van der Waals surface area contributed by atoms with Gasteiger partial charge in [-0.05, 0) is 41.8 Å². The number of aryl methyl sites for hydroxylation is 1. The van der Waals surface area contributed by atoms with Crippen molar-refractivity contribution >= 4 is 11.6 Å². The first-order chi connectivity index (χ1) is 9.22. The zero-order valence-corrected chi connectivity index (χ0v) is 11.7. The molecule has 2 aromatic rings. The Hall–Kier alpha value is -1.51. The summed E-state index contributed by atoms with van der Waals surface area (Å²) < 4.78 is 5.96. The molecule has 3 heteroatoms. The summed E-state index contributed by atoms with van der Waals surface area (Å²) in [6.07, 6.45) is 0.843. The molecule has 0 heterocycles. The molecule has 0 saturated carbocycles. The van der Waals surface area contributed by atoms with Crippen molar-refractivity contribution in [3.05, 3.63) is 64.7 Å². The summed E-state index contributed by atoms with van der Waals surface area (Å²) in [6.45, 7) is 2.55. The van der Waals surface area contributed by atoms with E-state index in [9.17, 15) is 0 Å². The molecule has 0 saturated heterocycles. The van der Waals surface area contributed by atoms with Gasteiger partial charge in [0.1, 0.15) is 11.9 Å². The van der Waals surface area contributed by atoms with Crippen LogP contribution in [0.3, 0.4) is 0 Å². The Kier molecular flexibility index (Phi) is 4.83. The van der Waals surface area contributed by atoms with Crippen molar-refractivity contribution in [2.45, 2.75) is 19.4 Å². The standard InChI is InChI=1S/C16H18ClNO/c1-2-12-4-3-5-15(10-12)19-16(11-18)13-6-8-14(17)9-7-13/h3-10,16H,2,11,18H2,1H3.